The summed E-state index contributed by atoms with van der Waals surface area (Å²) in [5.74, 6) is -54.6. The summed E-state index contributed by atoms with van der Waals surface area (Å²) >= 11 is 0. The topological polar surface area (TPSA) is 55.4 Å². The molecule has 0 bridgehead atoms. The minimum Gasteiger partial charge on any atom is -0.464 e. The molecule has 0 heterocycles. The lowest BCUT2D eigenvalue weighted by Crippen LogP contribution is -2.74. The first-order valence-electron chi connectivity index (χ1n) is 9.49. The molecule has 19 heteroatoms. The van der Waals surface area contributed by atoms with E-state index in [0.29, 0.717) is 0 Å². The number of hydrogen-bond acceptors (Lipinski definition) is 3. The van der Waals surface area contributed by atoms with Crippen molar-refractivity contribution in [3.8, 4) is 0 Å². The number of nitrogens with one attached hydrogen (secondary N) is 1. The van der Waals surface area contributed by atoms with E-state index < -0.39 is 78.6 Å². The first kappa shape index (κ1) is 33.9. The molecule has 0 aromatic carbocycles. The molecule has 0 aliphatic heterocycles. The second-order valence-corrected chi connectivity index (χ2v) is 7.77. The minimum absolute atomic E-state index is 0.0976. The summed E-state index contributed by atoms with van der Waals surface area (Å²) in [5, 5.41) is 0.783. The standard InChI is InChI=1S/C17H18F15NO3/c1-4-5-36-9(34)8(6-7(2)3)33-10(35)11(18,19)12(20,21)13(22,23)14(24,25)15(26,27)16(28,29)17(30,31)32/h7-8H,4-6H2,1-3H3,(H,33,35). The van der Waals surface area contributed by atoms with Crippen LogP contribution in [-0.2, 0) is 14.3 Å². The van der Waals surface area contributed by atoms with E-state index in [-0.39, 0.29) is 6.42 Å². The number of amides is 1. The minimum atomic E-state index is -8.51. The number of halogens is 15. The highest BCUT2D eigenvalue weighted by Gasteiger charge is 2.94. The van der Waals surface area contributed by atoms with Crippen LogP contribution in [-0.4, -0.2) is 66.2 Å². The summed E-state index contributed by atoms with van der Waals surface area (Å²) in [5.41, 5.74) is 0. The molecule has 214 valence electrons. The molecule has 0 aliphatic rings. The van der Waals surface area contributed by atoms with E-state index in [2.05, 4.69) is 4.74 Å². The highest BCUT2D eigenvalue weighted by Crippen LogP contribution is 2.62. The van der Waals surface area contributed by atoms with E-state index in [1.165, 1.54) is 20.8 Å². The number of hydrogen-bond donors (Lipinski definition) is 1. The lowest BCUT2D eigenvalue weighted by molar-refractivity contribution is -0.449. The van der Waals surface area contributed by atoms with Gasteiger partial charge < -0.3 is 10.1 Å². The predicted molar refractivity (Wildman–Crippen MR) is 88.4 cm³/mol. The molecule has 0 aromatic heterocycles. The van der Waals surface area contributed by atoms with Crippen LogP contribution in [0.1, 0.15) is 33.6 Å². The summed E-state index contributed by atoms with van der Waals surface area (Å²) in [7, 11) is 0. The van der Waals surface area contributed by atoms with Gasteiger partial charge in [-0.2, -0.15) is 65.9 Å². The maximum atomic E-state index is 14.0. The molecule has 1 atom stereocenters. The predicted octanol–water partition coefficient (Wildman–Crippen LogP) is 5.84. The van der Waals surface area contributed by atoms with Crippen molar-refractivity contribution in [3.05, 3.63) is 0 Å². The van der Waals surface area contributed by atoms with Gasteiger partial charge in [0, 0.05) is 0 Å². The number of carbonyl (C=O) groups is 2. The van der Waals surface area contributed by atoms with Gasteiger partial charge in [-0.3, -0.25) is 4.79 Å². The molecular weight excluding hydrogens is 551 g/mol. The Bertz CT molecular complexity index is 793. The van der Waals surface area contributed by atoms with Crippen LogP contribution < -0.4 is 5.32 Å². The number of ether oxygens (including phenoxy) is 1. The Hall–Kier alpha value is -2.11. The molecule has 1 N–H and O–H groups in total. The maximum Gasteiger partial charge on any atom is 0.460 e. The molecule has 0 saturated carbocycles. The van der Waals surface area contributed by atoms with Crippen LogP contribution in [0.25, 0.3) is 0 Å². The number of rotatable bonds is 12. The third-order valence-electron chi connectivity index (χ3n) is 4.36. The van der Waals surface area contributed by atoms with E-state index >= 15 is 0 Å². The van der Waals surface area contributed by atoms with Crippen LogP contribution in [0.15, 0.2) is 0 Å². The van der Waals surface area contributed by atoms with Crippen molar-refractivity contribution >= 4 is 11.9 Å². The van der Waals surface area contributed by atoms with Gasteiger partial charge in [0.25, 0.3) is 5.91 Å². The fourth-order valence-corrected chi connectivity index (χ4v) is 2.35. The highest BCUT2D eigenvalue weighted by atomic mass is 19.4. The zero-order chi connectivity index (χ0) is 29.3. The van der Waals surface area contributed by atoms with Crippen LogP contribution in [0, 0.1) is 5.92 Å². The smallest absolute Gasteiger partial charge is 0.460 e. The zero-order valence-electron chi connectivity index (χ0n) is 18.2. The molecule has 1 unspecified atom stereocenters. The summed E-state index contributed by atoms with van der Waals surface area (Å²) < 4.78 is 203. The number of carbonyl (C=O) groups excluding carboxylic acids is 2. The monoisotopic (exact) mass is 569 g/mol. The van der Waals surface area contributed by atoms with Crippen molar-refractivity contribution in [2.45, 2.75) is 81.4 Å². The molecular formula is C17H18F15NO3. The van der Waals surface area contributed by atoms with Gasteiger partial charge in [0.1, 0.15) is 6.04 Å². The van der Waals surface area contributed by atoms with Crippen molar-refractivity contribution in [1.82, 2.24) is 5.32 Å². The average Bonchev–Trinajstić information content (AvgIpc) is 2.69. The van der Waals surface area contributed by atoms with Crippen molar-refractivity contribution in [3.63, 3.8) is 0 Å². The van der Waals surface area contributed by atoms with Crippen molar-refractivity contribution in [2.75, 3.05) is 6.61 Å². The van der Waals surface area contributed by atoms with Crippen LogP contribution in [0.3, 0.4) is 0 Å². The first-order valence-corrected chi connectivity index (χ1v) is 9.49. The Morgan fingerprint density at radius 3 is 1.44 bits per heavy atom. The van der Waals surface area contributed by atoms with Gasteiger partial charge in [-0.05, 0) is 18.8 Å². The Balaban J connectivity index is 6.45. The van der Waals surface area contributed by atoms with E-state index in [0.717, 1.165) is 5.32 Å². The Morgan fingerprint density at radius 1 is 0.694 bits per heavy atom. The molecule has 0 fully saturated rings. The van der Waals surface area contributed by atoms with E-state index in [1.54, 1.807) is 0 Å². The Labute approximate surface area is 192 Å². The second kappa shape index (κ2) is 10.3. The molecule has 4 nitrogen and oxygen atoms in total. The molecule has 0 aliphatic carbocycles. The third-order valence-corrected chi connectivity index (χ3v) is 4.36. The molecule has 36 heavy (non-hydrogen) atoms. The van der Waals surface area contributed by atoms with Crippen LogP contribution in [0.4, 0.5) is 65.9 Å². The quantitative estimate of drug-likeness (QED) is 0.237. The second-order valence-electron chi connectivity index (χ2n) is 7.77. The van der Waals surface area contributed by atoms with Crippen molar-refractivity contribution in [2.24, 2.45) is 5.92 Å². The lowest BCUT2D eigenvalue weighted by Gasteiger charge is -2.41. The number of esters is 1. The molecule has 0 spiro atoms. The van der Waals surface area contributed by atoms with Gasteiger partial charge in [-0.25, -0.2) is 4.79 Å². The van der Waals surface area contributed by atoms with Gasteiger partial charge in [-0.15, -0.1) is 0 Å². The van der Waals surface area contributed by atoms with Crippen molar-refractivity contribution in [1.29, 1.82) is 0 Å². The summed E-state index contributed by atoms with van der Waals surface area (Å²) in [4.78, 5) is 23.4. The van der Waals surface area contributed by atoms with E-state index in [9.17, 15) is 75.4 Å². The summed E-state index contributed by atoms with van der Waals surface area (Å²) in [6.45, 7) is 3.51. The fraction of sp³-hybridized carbons (Fsp3) is 0.882. The van der Waals surface area contributed by atoms with Gasteiger partial charge in [0.15, 0.2) is 0 Å². The zero-order valence-corrected chi connectivity index (χ0v) is 18.2. The van der Waals surface area contributed by atoms with Gasteiger partial charge >= 0.3 is 47.7 Å². The average molecular weight is 569 g/mol. The Kier molecular flexibility index (Phi) is 9.73. The number of alkyl halides is 15. The molecule has 0 saturated heterocycles. The van der Waals surface area contributed by atoms with E-state index in [1.807, 2.05) is 0 Å². The fourth-order valence-electron chi connectivity index (χ4n) is 2.35. The molecule has 0 rings (SSSR count). The first-order chi connectivity index (χ1) is 15.7. The summed E-state index contributed by atoms with van der Waals surface area (Å²) in [6, 6.07) is -2.30. The molecule has 0 radical (unpaired) electrons. The maximum absolute atomic E-state index is 14.0. The molecule has 1 amide bonds. The van der Waals surface area contributed by atoms with Gasteiger partial charge in [-0.1, -0.05) is 20.8 Å². The Morgan fingerprint density at radius 2 is 1.08 bits per heavy atom. The third kappa shape index (κ3) is 5.57. The van der Waals surface area contributed by atoms with Crippen LogP contribution >= 0.6 is 0 Å². The SMILES string of the molecule is CCCOC(=O)C(CC(C)C)NC(=O)C(F)(F)C(F)(F)C(F)(F)C(F)(F)C(F)(F)C(F)(F)C(F)(F)F. The van der Waals surface area contributed by atoms with Crippen LogP contribution in [0.5, 0.6) is 0 Å². The van der Waals surface area contributed by atoms with E-state index in [4.69, 9.17) is 0 Å². The van der Waals surface area contributed by atoms with Crippen LogP contribution in [0.2, 0.25) is 0 Å². The summed E-state index contributed by atoms with van der Waals surface area (Å²) in [6.07, 6.45) is -8.33. The van der Waals surface area contributed by atoms with Crippen molar-refractivity contribution < 1.29 is 80.2 Å². The van der Waals surface area contributed by atoms with Gasteiger partial charge in [0.05, 0.1) is 6.61 Å². The van der Waals surface area contributed by atoms with Gasteiger partial charge in [0.2, 0.25) is 0 Å². The lowest BCUT2D eigenvalue weighted by atomic mass is 9.90. The normalized spacial score (nSPS) is 15.6. The highest BCUT2D eigenvalue weighted by molar-refractivity contribution is 5.89. The molecule has 0 aromatic rings. The largest absolute Gasteiger partial charge is 0.464 e.